The Morgan fingerprint density at radius 2 is 2.12 bits per heavy atom. The third kappa shape index (κ3) is 4.28. The molecule has 5 heteroatoms. The minimum absolute atomic E-state index is 0.148. The van der Waals surface area contributed by atoms with Crippen molar-refractivity contribution >= 4 is 11.6 Å². The zero-order valence-electron chi connectivity index (χ0n) is 14.7. The van der Waals surface area contributed by atoms with Crippen LogP contribution in [0.2, 0.25) is 0 Å². The summed E-state index contributed by atoms with van der Waals surface area (Å²) in [5, 5.41) is 3.13. The molecule has 0 spiro atoms. The van der Waals surface area contributed by atoms with E-state index in [9.17, 15) is 4.79 Å². The zero-order chi connectivity index (χ0) is 17.0. The molecule has 1 aromatic rings. The number of anilines is 1. The van der Waals surface area contributed by atoms with Crippen molar-refractivity contribution in [3.05, 3.63) is 30.3 Å². The van der Waals surface area contributed by atoms with Crippen LogP contribution in [0.15, 0.2) is 30.3 Å². The van der Waals surface area contributed by atoms with Crippen LogP contribution in [0.5, 0.6) is 0 Å². The number of carbonyl (C=O) groups excluding carboxylic acids is 1. The molecule has 2 heterocycles. The van der Waals surface area contributed by atoms with Crippen LogP contribution in [0.1, 0.15) is 19.8 Å². The average Bonchev–Trinajstić information content (AvgIpc) is 3.21. The van der Waals surface area contributed by atoms with E-state index in [1.807, 2.05) is 6.07 Å². The number of carbonyl (C=O) groups is 1. The highest BCUT2D eigenvalue weighted by molar-refractivity contribution is 5.78. The van der Waals surface area contributed by atoms with Gasteiger partial charge in [-0.05, 0) is 49.4 Å². The first kappa shape index (κ1) is 17.2. The van der Waals surface area contributed by atoms with E-state index in [0.717, 1.165) is 45.6 Å². The number of nitrogens with one attached hydrogen (secondary N) is 1. The maximum atomic E-state index is 12.2. The number of nitrogens with two attached hydrogens (primary N) is 1. The summed E-state index contributed by atoms with van der Waals surface area (Å²) in [6, 6.07) is 10.5. The van der Waals surface area contributed by atoms with Crippen molar-refractivity contribution in [2.24, 2.45) is 17.1 Å². The van der Waals surface area contributed by atoms with Gasteiger partial charge in [0.1, 0.15) is 0 Å². The first-order valence-corrected chi connectivity index (χ1v) is 9.07. The summed E-state index contributed by atoms with van der Waals surface area (Å²) < 4.78 is 0. The highest BCUT2D eigenvalue weighted by Crippen LogP contribution is 2.28. The van der Waals surface area contributed by atoms with Gasteiger partial charge in [0.05, 0.1) is 6.54 Å². The van der Waals surface area contributed by atoms with Crippen LogP contribution in [0.25, 0.3) is 0 Å². The van der Waals surface area contributed by atoms with E-state index in [-0.39, 0.29) is 11.3 Å². The summed E-state index contributed by atoms with van der Waals surface area (Å²) in [5.41, 5.74) is 7.30. The number of hydrogen-bond donors (Lipinski definition) is 2. The summed E-state index contributed by atoms with van der Waals surface area (Å²) in [6.07, 6.45) is 2.23. The molecule has 2 aliphatic rings. The Morgan fingerprint density at radius 1 is 1.33 bits per heavy atom. The number of amides is 1. The molecular weight excluding hydrogens is 300 g/mol. The van der Waals surface area contributed by atoms with Gasteiger partial charge in [-0.25, -0.2) is 0 Å². The Bertz CT molecular complexity index is 550. The van der Waals surface area contributed by atoms with Gasteiger partial charge in [0, 0.05) is 31.9 Å². The van der Waals surface area contributed by atoms with Gasteiger partial charge in [0.25, 0.3) is 0 Å². The van der Waals surface area contributed by atoms with Gasteiger partial charge in [0.2, 0.25) is 5.91 Å². The molecule has 1 aromatic carbocycles. The molecule has 2 unspecified atom stereocenters. The van der Waals surface area contributed by atoms with Gasteiger partial charge in [0.15, 0.2) is 0 Å². The van der Waals surface area contributed by atoms with Crippen LogP contribution in [0.4, 0.5) is 5.69 Å². The topological polar surface area (TPSA) is 61.6 Å². The van der Waals surface area contributed by atoms with Crippen molar-refractivity contribution < 1.29 is 4.79 Å². The third-order valence-electron chi connectivity index (χ3n) is 5.49. The quantitative estimate of drug-likeness (QED) is 0.825. The van der Waals surface area contributed by atoms with E-state index in [4.69, 9.17) is 5.73 Å². The van der Waals surface area contributed by atoms with Crippen LogP contribution >= 0.6 is 0 Å². The number of likely N-dealkylation sites (tertiary alicyclic amines) is 1. The second-order valence-electron chi connectivity index (χ2n) is 7.72. The lowest BCUT2D eigenvalue weighted by Crippen LogP contribution is -2.40. The second-order valence-corrected chi connectivity index (χ2v) is 7.72. The van der Waals surface area contributed by atoms with Gasteiger partial charge in [-0.15, -0.1) is 0 Å². The summed E-state index contributed by atoms with van der Waals surface area (Å²) >= 11 is 0. The highest BCUT2D eigenvalue weighted by Gasteiger charge is 2.33. The molecule has 5 nitrogen and oxygen atoms in total. The SMILES string of the molecule is CC1(CN)CCN(CC(=O)NCC2CCN(c3ccccc3)C2)C1. The first-order valence-electron chi connectivity index (χ1n) is 9.07. The Morgan fingerprint density at radius 3 is 2.83 bits per heavy atom. The number of nitrogens with zero attached hydrogens (tertiary/aromatic N) is 2. The summed E-state index contributed by atoms with van der Waals surface area (Å²) in [7, 11) is 0. The first-order chi connectivity index (χ1) is 11.6. The van der Waals surface area contributed by atoms with E-state index in [0.29, 0.717) is 19.0 Å². The number of hydrogen-bond acceptors (Lipinski definition) is 4. The molecule has 2 atom stereocenters. The number of rotatable bonds is 6. The standard InChI is InChI=1S/C19H30N4O/c1-19(14-20)8-10-22(15-19)13-18(24)21-11-16-7-9-23(12-16)17-5-3-2-4-6-17/h2-6,16H,7-15,20H2,1H3,(H,21,24). The molecule has 24 heavy (non-hydrogen) atoms. The van der Waals surface area contributed by atoms with E-state index >= 15 is 0 Å². The average molecular weight is 330 g/mol. The second kappa shape index (κ2) is 7.53. The lowest BCUT2D eigenvalue weighted by Gasteiger charge is -2.22. The van der Waals surface area contributed by atoms with Gasteiger partial charge in [-0.3, -0.25) is 9.69 Å². The van der Waals surface area contributed by atoms with Crippen molar-refractivity contribution in [3.8, 4) is 0 Å². The Balaban J connectivity index is 1.38. The maximum absolute atomic E-state index is 12.2. The molecule has 0 aromatic heterocycles. The smallest absolute Gasteiger partial charge is 0.234 e. The normalized spacial score (nSPS) is 27.6. The minimum atomic E-state index is 0.148. The van der Waals surface area contributed by atoms with Crippen molar-refractivity contribution in [3.63, 3.8) is 0 Å². The van der Waals surface area contributed by atoms with E-state index in [1.165, 1.54) is 5.69 Å². The lowest BCUT2D eigenvalue weighted by atomic mass is 9.90. The minimum Gasteiger partial charge on any atom is -0.371 e. The Hall–Kier alpha value is -1.59. The molecule has 0 aliphatic carbocycles. The van der Waals surface area contributed by atoms with Gasteiger partial charge < -0.3 is 16.0 Å². The fraction of sp³-hybridized carbons (Fsp3) is 0.632. The fourth-order valence-electron chi connectivity index (χ4n) is 3.82. The third-order valence-corrected chi connectivity index (χ3v) is 5.49. The van der Waals surface area contributed by atoms with Gasteiger partial charge >= 0.3 is 0 Å². The van der Waals surface area contributed by atoms with E-state index in [1.54, 1.807) is 0 Å². The van der Waals surface area contributed by atoms with Crippen LogP contribution < -0.4 is 16.0 Å². The molecule has 0 saturated carbocycles. The molecule has 0 bridgehead atoms. The zero-order valence-corrected chi connectivity index (χ0v) is 14.7. The summed E-state index contributed by atoms with van der Waals surface area (Å²) in [4.78, 5) is 16.8. The monoisotopic (exact) mass is 330 g/mol. The van der Waals surface area contributed by atoms with Gasteiger partial charge in [-0.1, -0.05) is 25.1 Å². The molecule has 2 fully saturated rings. The molecule has 2 saturated heterocycles. The van der Waals surface area contributed by atoms with Crippen molar-refractivity contribution in [2.75, 3.05) is 50.7 Å². The fourth-order valence-corrected chi connectivity index (χ4v) is 3.82. The molecule has 0 radical (unpaired) electrons. The number of para-hydroxylation sites is 1. The van der Waals surface area contributed by atoms with Crippen molar-refractivity contribution in [1.82, 2.24) is 10.2 Å². The van der Waals surface area contributed by atoms with Crippen LogP contribution in [0.3, 0.4) is 0 Å². The Kier molecular flexibility index (Phi) is 5.41. The summed E-state index contributed by atoms with van der Waals surface area (Å²) in [5.74, 6) is 0.691. The molecule has 3 rings (SSSR count). The largest absolute Gasteiger partial charge is 0.371 e. The Labute approximate surface area is 145 Å². The molecule has 2 aliphatic heterocycles. The predicted molar refractivity (Wildman–Crippen MR) is 98.0 cm³/mol. The molecular formula is C19H30N4O. The predicted octanol–water partition coefficient (Wildman–Crippen LogP) is 1.30. The molecule has 1 amide bonds. The highest BCUT2D eigenvalue weighted by atomic mass is 16.2. The maximum Gasteiger partial charge on any atom is 0.234 e. The van der Waals surface area contributed by atoms with Crippen LogP contribution in [0, 0.1) is 11.3 Å². The number of benzene rings is 1. The van der Waals surface area contributed by atoms with Crippen molar-refractivity contribution in [1.29, 1.82) is 0 Å². The summed E-state index contributed by atoms with van der Waals surface area (Å²) in [6.45, 7) is 8.21. The lowest BCUT2D eigenvalue weighted by molar-refractivity contribution is -0.122. The molecule has 3 N–H and O–H groups in total. The van der Waals surface area contributed by atoms with E-state index in [2.05, 4.69) is 46.3 Å². The van der Waals surface area contributed by atoms with E-state index < -0.39 is 0 Å². The van der Waals surface area contributed by atoms with Crippen LogP contribution in [-0.2, 0) is 4.79 Å². The molecule has 132 valence electrons. The van der Waals surface area contributed by atoms with Crippen molar-refractivity contribution in [2.45, 2.75) is 19.8 Å². The van der Waals surface area contributed by atoms with Gasteiger partial charge in [-0.2, -0.15) is 0 Å². The van der Waals surface area contributed by atoms with Crippen LogP contribution in [-0.4, -0.2) is 56.6 Å².